The van der Waals surface area contributed by atoms with E-state index in [9.17, 15) is 4.79 Å². The number of amides is 1. The highest BCUT2D eigenvalue weighted by Gasteiger charge is 2.16. The second-order valence-corrected chi connectivity index (χ2v) is 5.44. The van der Waals surface area contributed by atoms with Crippen LogP contribution in [0.25, 0.3) is 0 Å². The van der Waals surface area contributed by atoms with Crippen LogP contribution in [0.4, 0.5) is 0 Å². The molecule has 0 aromatic carbocycles. The number of carbonyl (C=O) groups is 1. The fraction of sp³-hybridized carbons (Fsp3) is 0.900. The summed E-state index contributed by atoms with van der Waals surface area (Å²) in [5.74, 6) is 1.65. The average molecular weight is 218 g/mol. The Labute approximate surface area is 91.2 Å². The van der Waals surface area contributed by atoms with Crippen molar-refractivity contribution in [1.29, 1.82) is 0 Å². The van der Waals surface area contributed by atoms with Crippen LogP contribution in [-0.2, 0) is 4.79 Å². The van der Waals surface area contributed by atoms with Gasteiger partial charge in [-0.3, -0.25) is 4.79 Å². The zero-order valence-corrected chi connectivity index (χ0v) is 10.4. The number of nitrogens with two attached hydrogens (primary N) is 1. The van der Waals surface area contributed by atoms with E-state index in [4.69, 9.17) is 5.73 Å². The van der Waals surface area contributed by atoms with Crippen molar-refractivity contribution in [3.8, 4) is 0 Å². The summed E-state index contributed by atoms with van der Waals surface area (Å²) in [5.41, 5.74) is 5.33. The van der Waals surface area contributed by atoms with Crippen molar-refractivity contribution < 1.29 is 4.79 Å². The highest BCUT2D eigenvalue weighted by atomic mass is 32.2. The lowest BCUT2D eigenvalue weighted by atomic mass is 10.0. The van der Waals surface area contributed by atoms with Gasteiger partial charge < -0.3 is 11.1 Å². The van der Waals surface area contributed by atoms with Gasteiger partial charge in [0.25, 0.3) is 0 Å². The van der Waals surface area contributed by atoms with E-state index in [1.807, 2.05) is 13.8 Å². The van der Waals surface area contributed by atoms with Crippen LogP contribution in [0.1, 0.15) is 27.2 Å². The molecule has 14 heavy (non-hydrogen) atoms. The number of hydrogen-bond donors (Lipinski definition) is 2. The summed E-state index contributed by atoms with van der Waals surface area (Å²) in [6, 6.07) is 0. The molecule has 0 saturated carbocycles. The van der Waals surface area contributed by atoms with Gasteiger partial charge in [0.15, 0.2) is 0 Å². The van der Waals surface area contributed by atoms with Crippen LogP contribution >= 0.6 is 11.8 Å². The molecule has 0 heterocycles. The standard InChI is InChI=1S/C10H22N2OS/c1-8(7-14-4)6-12-9(13)5-10(2,3)11/h8H,5-7,11H2,1-4H3,(H,12,13). The van der Waals surface area contributed by atoms with Crippen LogP contribution in [0.2, 0.25) is 0 Å². The molecule has 0 fully saturated rings. The Hall–Kier alpha value is -0.220. The molecule has 0 aliphatic rings. The predicted molar refractivity (Wildman–Crippen MR) is 63.4 cm³/mol. The Bertz CT molecular complexity index is 177. The van der Waals surface area contributed by atoms with Crippen LogP contribution in [0.3, 0.4) is 0 Å². The molecular formula is C10H22N2OS. The van der Waals surface area contributed by atoms with E-state index in [1.165, 1.54) is 0 Å². The molecule has 0 aromatic heterocycles. The summed E-state index contributed by atoms with van der Waals surface area (Å²) in [5, 5.41) is 2.89. The first kappa shape index (κ1) is 13.8. The molecule has 1 atom stereocenters. The van der Waals surface area contributed by atoms with Crippen molar-refractivity contribution >= 4 is 17.7 Å². The molecule has 1 unspecified atom stereocenters. The molecule has 0 rings (SSSR count). The Kier molecular flexibility index (Phi) is 6.20. The Morgan fingerprint density at radius 2 is 2.14 bits per heavy atom. The molecule has 3 nitrogen and oxygen atoms in total. The molecule has 3 N–H and O–H groups in total. The maximum atomic E-state index is 11.4. The maximum Gasteiger partial charge on any atom is 0.221 e. The first-order valence-corrected chi connectivity index (χ1v) is 6.29. The van der Waals surface area contributed by atoms with Crippen LogP contribution in [0, 0.1) is 5.92 Å². The Morgan fingerprint density at radius 1 is 1.57 bits per heavy atom. The van der Waals surface area contributed by atoms with E-state index >= 15 is 0 Å². The van der Waals surface area contributed by atoms with Crippen molar-refractivity contribution in [1.82, 2.24) is 5.32 Å². The van der Waals surface area contributed by atoms with Gasteiger partial charge in [-0.05, 0) is 31.8 Å². The second-order valence-electron chi connectivity index (χ2n) is 4.53. The quantitative estimate of drug-likeness (QED) is 0.705. The first-order chi connectivity index (χ1) is 6.35. The third-order valence-electron chi connectivity index (χ3n) is 1.72. The molecule has 84 valence electrons. The lowest BCUT2D eigenvalue weighted by Crippen LogP contribution is -2.40. The molecule has 0 aliphatic carbocycles. The summed E-state index contributed by atoms with van der Waals surface area (Å²) >= 11 is 1.80. The second kappa shape index (κ2) is 6.30. The fourth-order valence-corrected chi connectivity index (χ4v) is 1.79. The number of hydrogen-bond acceptors (Lipinski definition) is 3. The van der Waals surface area contributed by atoms with Gasteiger partial charge in [0.05, 0.1) is 0 Å². The van der Waals surface area contributed by atoms with Crippen molar-refractivity contribution in [2.24, 2.45) is 11.7 Å². The van der Waals surface area contributed by atoms with Gasteiger partial charge in [-0.1, -0.05) is 6.92 Å². The lowest BCUT2D eigenvalue weighted by Gasteiger charge is -2.18. The van der Waals surface area contributed by atoms with Gasteiger partial charge in [-0.25, -0.2) is 0 Å². The normalized spacial score (nSPS) is 13.8. The molecular weight excluding hydrogens is 196 g/mol. The largest absolute Gasteiger partial charge is 0.356 e. The Morgan fingerprint density at radius 3 is 2.57 bits per heavy atom. The van der Waals surface area contributed by atoms with E-state index in [-0.39, 0.29) is 5.91 Å². The highest BCUT2D eigenvalue weighted by Crippen LogP contribution is 2.05. The molecule has 0 spiro atoms. The van der Waals surface area contributed by atoms with Crippen LogP contribution in [0.15, 0.2) is 0 Å². The van der Waals surface area contributed by atoms with Gasteiger partial charge >= 0.3 is 0 Å². The zero-order valence-electron chi connectivity index (χ0n) is 9.59. The average Bonchev–Trinajstić information content (AvgIpc) is 1.98. The molecule has 1 amide bonds. The van der Waals surface area contributed by atoms with Gasteiger partial charge in [-0.15, -0.1) is 0 Å². The first-order valence-electron chi connectivity index (χ1n) is 4.89. The molecule has 4 heteroatoms. The smallest absolute Gasteiger partial charge is 0.221 e. The Balaban J connectivity index is 3.64. The van der Waals surface area contributed by atoms with Crippen LogP contribution in [0.5, 0.6) is 0 Å². The third kappa shape index (κ3) is 8.38. The van der Waals surface area contributed by atoms with E-state index < -0.39 is 5.54 Å². The van der Waals surface area contributed by atoms with Gasteiger partial charge in [0, 0.05) is 18.5 Å². The third-order valence-corrected chi connectivity index (χ3v) is 2.62. The zero-order chi connectivity index (χ0) is 11.2. The van der Waals surface area contributed by atoms with Crippen LogP contribution < -0.4 is 11.1 Å². The summed E-state index contributed by atoms with van der Waals surface area (Å²) < 4.78 is 0. The van der Waals surface area contributed by atoms with Crippen molar-refractivity contribution in [3.63, 3.8) is 0 Å². The highest BCUT2D eigenvalue weighted by molar-refractivity contribution is 7.98. The number of rotatable bonds is 6. The lowest BCUT2D eigenvalue weighted by molar-refractivity contribution is -0.122. The van der Waals surface area contributed by atoms with Crippen LogP contribution in [-0.4, -0.2) is 30.0 Å². The number of nitrogens with one attached hydrogen (secondary N) is 1. The fourth-order valence-electron chi connectivity index (χ4n) is 1.11. The van der Waals surface area contributed by atoms with E-state index in [0.717, 1.165) is 12.3 Å². The van der Waals surface area contributed by atoms with Gasteiger partial charge in [0.2, 0.25) is 5.91 Å². The molecule has 0 aromatic rings. The predicted octanol–water partition coefficient (Wildman–Crippen LogP) is 1.23. The maximum absolute atomic E-state index is 11.4. The minimum Gasteiger partial charge on any atom is -0.356 e. The van der Waals surface area contributed by atoms with Crippen molar-refractivity contribution in [2.75, 3.05) is 18.6 Å². The van der Waals surface area contributed by atoms with Gasteiger partial charge in [0.1, 0.15) is 0 Å². The summed E-state index contributed by atoms with van der Waals surface area (Å²) in [6.07, 6.45) is 2.46. The summed E-state index contributed by atoms with van der Waals surface area (Å²) in [7, 11) is 0. The SMILES string of the molecule is CSCC(C)CNC(=O)CC(C)(C)N. The monoisotopic (exact) mass is 218 g/mol. The van der Waals surface area contributed by atoms with E-state index in [1.54, 1.807) is 11.8 Å². The van der Waals surface area contributed by atoms with Gasteiger partial charge in [-0.2, -0.15) is 11.8 Å². The molecule has 0 radical (unpaired) electrons. The molecule has 0 aliphatic heterocycles. The number of thioether (sulfide) groups is 1. The topological polar surface area (TPSA) is 55.1 Å². The number of carbonyl (C=O) groups excluding carboxylic acids is 1. The van der Waals surface area contributed by atoms with Crippen molar-refractivity contribution in [2.45, 2.75) is 32.7 Å². The van der Waals surface area contributed by atoms with E-state index in [2.05, 4.69) is 18.5 Å². The van der Waals surface area contributed by atoms with Crippen molar-refractivity contribution in [3.05, 3.63) is 0 Å². The van der Waals surface area contributed by atoms with E-state index in [0.29, 0.717) is 12.3 Å². The minimum atomic E-state index is -0.410. The summed E-state index contributed by atoms with van der Waals surface area (Å²) in [4.78, 5) is 11.4. The molecule has 0 saturated heterocycles. The molecule has 0 bridgehead atoms. The summed E-state index contributed by atoms with van der Waals surface area (Å²) in [6.45, 7) is 6.59. The minimum absolute atomic E-state index is 0.0467.